The summed E-state index contributed by atoms with van der Waals surface area (Å²) in [7, 11) is 0. The van der Waals surface area contributed by atoms with Gasteiger partial charge in [-0.05, 0) is 43.2 Å². The minimum atomic E-state index is 0.110. The zero-order valence-corrected chi connectivity index (χ0v) is 12.5. The lowest BCUT2D eigenvalue weighted by Crippen LogP contribution is -2.04. The van der Waals surface area contributed by atoms with Crippen molar-refractivity contribution in [2.75, 3.05) is 0 Å². The van der Waals surface area contributed by atoms with Gasteiger partial charge < -0.3 is 5.73 Å². The number of benzene rings is 1. The van der Waals surface area contributed by atoms with E-state index in [1.807, 2.05) is 30.0 Å². The normalized spacial score (nSPS) is 12.6. The summed E-state index contributed by atoms with van der Waals surface area (Å²) in [5.74, 6) is 1.05. The smallest absolute Gasteiger partial charge is 0.0326 e. The Morgan fingerprint density at radius 3 is 2.67 bits per heavy atom. The average molecular weight is 277 g/mol. The Kier molecular flexibility index (Phi) is 4.87. The maximum atomic E-state index is 5.90. The quantitative estimate of drug-likeness (QED) is 0.807. The van der Waals surface area contributed by atoms with Crippen LogP contribution in [0.3, 0.4) is 0 Å². The topological polar surface area (TPSA) is 26.0 Å². The molecule has 2 rings (SSSR count). The second-order valence-electron chi connectivity index (χ2n) is 4.37. The molecule has 1 unspecified atom stereocenters. The van der Waals surface area contributed by atoms with Crippen LogP contribution in [-0.4, -0.2) is 0 Å². The first-order chi connectivity index (χ1) is 8.69. The van der Waals surface area contributed by atoms with E-state index in [4.69, 9.17) is 5.73 Å². The van der Waals surface area contributed by atoms with Gasteiger partial charge in [-0.3, -0.25) is 0 Å². The number of thioether (sulfide) groups is 1. The summed E-state index contributed by atoms with van der Waals surface area (Å²) < 4.78 is 0. The van der Waals surface area contributed by atoms with E-state index in [1.165, 1.54) is 20.2 Å². The maximum Gasteiger partial charge on any atom is 0.0326 e. The van der Waals surface area contributed by atoms with Crippen molar-refractivity contribution in [3.05, 3.63) is 51.7 Å². The Hall–Kier alpha value is -0.770. The molecule has 0 spiro atoms. The molecule has 0 saturated carbocycles. The molecule has 0 aliphatic heterocycles. The first-order valence-electron chi connectivity index (χ1n) is 6.25. The minimum Gasteiger partial charge on any atom is -0.324 e. The Balaban J connectivity index is 1.99. The monoisotopic (exact) mass is 277 g/mol. The number of thiophene rings is 1. The molecule has 18 heavy (non-hydrogen) atoms. The Bertz CT molecular complexity index is 503. The number of hydrogen-bond acceptors (Lipinski definition) is 3. The van der Waals surface area contributed by atoms with Gasteiger partial charge in [0.25, 0.3) is 0 Å². The molecule has 0 aliphatic rings. The molecule has 0 radical (unpaired) electrons. The second-order valence-corrected chi connectivity index (χ2v) is 6.67. The zero-order valence-electron chi connectivity index (χ0n) is 10.8. The lowest BCUT2D eigenvalue weighted by atomic mass is 10.1. The summed E-state index contributed by atoms with van der Waals surface area (Å²) in [6.45, 7) is 4.23. The van der Waals surface area contributed by atoms with Gasteiger partial charge in [0, 0.05) is 26.4 Å². The number of hydrogen-bond donors (Lipinski definition) is 1. The van der Waals surface area contributed by atoms with Crippen molar-refractivity contribution in [2.24, 2.45) is 5.73 Å². The van der Waals surface area contributed by atoms with Gasteiger partial charge in [-0.25, -0.2) is 0 Å². The summed E-state index contributed by atoms with van der Waals surface area (Å²) in [6, 6.07) is 13.1. The van der Waals surface area contributed by atoms with Crippen LogP contribution in [0.5, 0.6) is 0 Å². The van der Waals surface area contributed by atoms with Gasteiger partial charge >= 0.3 is 0 Å². The predicted molar refractivity (Wildman–Crippen MR) is 82.3 cm³/mol. The van der Waals surface area contributed by atoms with Gasteiger partial charge in [-0.15, -0.1) is 23.1 Å². The van der Waals surface area contributed by atoms with Crippen LogP contribution in [0.15, 0.2) is 41.3 Å². The van der Waals surface area contributed by atoms with E-state index in [0.29, 0.717) is 0 Å². The third-order valence-corrected chi connectivity index (χ3v) is 5.29. The van der Waals surface area contributed by atoms with Crippen LogP contribution in [-0.2, 0) is 12.2 Å². The fraction of sp³-hybridized carbons (Fsp3) is 0.333. The van der Waals surface area contributed by atoms with Crippen molar-refractivity contribution in [1.29, 1.82) is 0 Å². The molecule has 0 fully saturated rings. The summed E-state index contributed by atoms with van der Waals surface area (Å²) in [5.41, 5.74) is 7.11. The molecule has 0 bridgehead atoms. The van der Waals surface area contributed by atoms with Crippen molar-refractivity contribution in [2.45, 2.75) is 37.0 Å². The van der Waals surface area contributed by atoms with Gasteiger partial charge in [-0.2, -0.15) is 0 Å². The van der Waals surface area contributed by atoms with E-state index in [-0.39, 0.29) is 6.04 Å². The average Bonchev–Trinajstić information content (AvgIpc) is 2.84. The third-order valence-electron chi connectivity index (χ3n) is 2.83. The molecule has 1 aromatic carbocycles. The molecule has 1 aromatic heterocycles. The number of rotatable bonds is 5. The number of nitrogens with two attached hydrogens (primary N) is 1. The van der Waals surface area contributed by atoms with E-state index >= 15 is 0 Å². The van der Waals surface area contributed by atoms with E-state index in [2.05, 4.69) is 43.3 Å². The van der Waals surface area contributed by atoms with Gasteiger partial charge in [0.1, 0.15) is 0 Å². The van der Waals surface area contributed by atoms with Crippen molar-refractivity contribution in [3.8, 4) is 0 Å². The van der Waals surface area contributed by atoms with Gasteiger partial charge in [0.15, 0.2) is 0 Å². The van der Waals surface area contributed by atoms with Crippen molar-refractivity contribution >= 4 is 23.1 Å². The fourth-order valence-corrected chi connectivity index (χ4v) is 3.70. The van der Waals surface area contributed by atoms with E-state index in [9.17, 15) is 0 Å². The van der Waals surface area contributed by atoms with Crippen LogP contribution in [0.25, 0.3) is 0 Å². The highest BCUT2D eigenvalue weighted by Gasteiger charge is 2.03. The molecule has 1 nitrogen and oxygen atoms in total. The molecular weight excluding hydrogens is 258 g/mol. The number of aryl methyl sites for hydroxylation is 1. The molecule has 0 aliphatic carbocycles. The lowest BCUT2D eigenvalue weighted by molar-refractivity contribution is 0.815. The highest BCUT2D eigenvalue weighted by atomic mass is 32.2. The van der Waals surface area contributed by atoms with Crippen LogP contribution < -0.4 is 5.73 Å². The summed E-state index contributed by atoms with van der Waals surface area (Å²) in [6.07, 6.45) is 1.13. The van der Waals surface area contributed by atoms with Gasteiger partial charge in [-0.1, -0.05) is 19.1 Å². The van der Waals surface area contributed by atoms with Crippen LogP contribution in [0.4, 0.5) is 0 Å². The van der Waals surface area contributed by atoms with Crippen LogP contribution in [0.2, 0.25) is 0 Å². The Labute approximate surface area is 117 Å². The van der Waals surface area contributed by atoms with E-state index in [0.717, 1.165) is 12.2 Å². The summed E-state index contributed by atoms with van der Waals surface area (Å²) in [5, 5.41) is 0. The first kappa shape index (κ1) is 13.7. The molecule has 2 aromatic rings. The molecule has 1 atom stereocenters. The molecule has 96 valence electrons. The first-order valence-corrected chi connectivity index (χ1v) is 8.05. The van der Waals surface area contributed by atoms with E-state index < -0.39 is 0 Å². The lowest BCUT2D eigenvalue weighted by Gasteiger charge is -2.07. The standard InChI is InChI=1S/C15H19NS2/c1-3-13-7-8-15(18-13)10-17-14-6-4-5-12(9-14)11(2)16/h4-9,11H,3,10,16H2,1-2H3. The van der Waals surface area contributed by atoms with Crippen molar-refractivity contribution in [1.82, 2.24) is 0 Å². The SMILES string of the molecule is CCc1ccc(CSc2cccc(C(C)N)c2)s1. The van der Waals surface area contributed by atoms with Gasteiger partial charge in [0.05, 0.1) is 0 Å². The summed E-state index contributed by atoms with van der Waals surface area (Å²) >= 11 is 3.80. The highest BCUT2D eigenvalue weighted by Crippen LogP contribution is 2.28. The molecule has 1 heterocycles. The second kappa shape index (κ2) is 6.41. The molecule has 0 amide bonds. The molecule has 0 saturated heterocycles. The zero-order chi connectivity index (χ0) is 13.0. The third kappa shape index (κ3) is 3.61. The maximum absolute atomic E-state index is 5.90. The molecule has 3 heteroatoms. The largest absolute Gasteiger partial charge is 0.324 e. The highest BCUT2D eigenvalue weighted by molar-refractivity contribution is 7.98. The van der Waals surface area contributed by atoms with Crippen LogP contribution in [0, 0.1) is 0 Å². The van der Waals surface area contributed by atoms with Crippen LogP contribution >= 0.6 is 23.1 Å². The fourth-order valence-electron chi connectivity index (χ4n) is 1.73. The Morgan fingerprint density at radius 1 is 1.22 bits per heavy atom. The Morgan fingerprint density at radius 2 is 2.00 bits per heavy atom. The van der Waals surface area contributed by atoms with Crippen LogP contribution in [0.1, 0.15) is 35.2 Å². The minimum absolute atomic E-state index is 0.110. The van der Waals surface area contributed by atoms with Crippen molar-refractivity contribution < 1.29 is 0 Å². The van der Waals surface area contributed by atoms with Crippen molar-refractivity contribution in [3.63, 3.8) is 0 Å². The molecular formula is C15H19NS2. The van der Waals surface area contributed by atoms with Gasteiger partial charge in [0.2, 0.25) is 0 Å². The predicted octanol–water partition coefficient (Wildman–Crippen LogP) is 4.62. The molecule has 2 N–H and O–H groups in total. The van der Waals surface area contributed by atoms with E-state index in [1.54, 1.807) is 0 Å². The summed E-state index contributed by atoms with van der Waals surface area (Å²) in [4.78, 5) is 4.22.